The Morgan fingerprint density at radius 3 is 2.53 bits per heavy atom. The van der Waals surface area contributed by atoms with Crippen molar-refractivity contribution in [3.05, 3.63) is 28.2 Å². The van der Waals surface area contributed by atoms with E-state index in [2.05, 4.69) is 20.7 Å². The molecule has 0 saturated carbocycles. The standard InChI is InChI=1S/C8H8BrNO4S/c1-10-15(13,14)7-3-2-5(9)4-6(7)8(11)12/h2-4,10H,1H3,(H,11,12). The van der Waals surface area contributed by atoms with Gasteiger partial charge in [0.1, 0.15) is 0 Å². The molecule has 0 spiro atoms. The molecular formula is C8H8BrNO4S. The molecule has 0 aliphatic carbocycles. The summed E-state index contributed by atoms with van der Waals surface area (Å²) in [5, 5.41) is 8.84. The SMILES string of the molecule is CNS(=O)(=O)c1ccc(Br)cc1C(=O)O. The fourth-order valence-corrected chi connectivity index (χ4v) is 2.28. The molecule has 7 heteroatoms. The van der Waals surface area contributed by atoms with E-state index in [-0.39, 0.29) is 10.5 Å². The number of hydrogen-bond donors (Lipinski definition) is 2. The summed E-state index contributed by atoms with van der Waals surface area (Å²) in [6, 6.07) is 3.95. The van der Waals surface area contributed by atoms with Gasteiger partial charge >= 0.3 is 5.97 Å². The second-order valence-electron chi connectivity index (χ2n) is 2.65. The molecule has 0 aliphatic rings. The molecule has 0 heterocycles. The Bertz CT molecular complexity index is 497. The van der Waals surface area contributed by atoms with Gasteiger partial charge in [-0.25, -0.2) is 17.9 Å². The molecular weight excluding hydrogens is 286 g/mol. The number of rotatable bonds is 3. The summed E-state index contributed by atoms with van der Waals surface area (Å²) in [4.78, 5) is 10.6. The van der Waals surface area contributed by atoms with E-state index >= 15 is 0 Å². The molecule has 0 saturated heterocycles. The second-order valence-corrected chi connectivity index (χ2v) is 5.42. The third kappa shape index (κ3) is 2.55. The number of carbonyl (C=O) groups is 1. The molecule has 2 N–H and O–H groups in total. The molecule has 15 heavy (non-hydrogen) atoms. The zero-order chi connectivity index (χ0) is 11.6. The summed E-state index contributed by atoms with van der Waals surface area (Å²) < 4.78 is 25.5. The van der Waals surface area contributed by atoms with Crippen LogP contribution in [0.3, 0.4) is 0 Å². The average Bonchev–Trinajstić information content (AvgIpc) is 2.17. The van der Waals surface area contributed by atoms with Crippen molar-refractivity contribution >= 4 is 31.9 Å². The van der Waals surface area contributed by atoms with Crippen molar-refractivity contribution in [2.24, 2.45) is 0 Å². The third-order valence-corrected chi connectivity index (χ3v) is 3.70. The molecule has 0 amide bonds. The van der Waals surface area contributed by atoms with E-state index < -0.39 is 16.0 Å². The first-order valence-corrected chi connectivity index (χ1v) is 6.12. The number of aromatic carboxylic acids is 1. The highest BCUT2D eigenvalue weighted by Crippen LogP contribution is 2.20. The zero-order valence-corrected chi connectivity index (χ0v) is 10.1. The Morgan fingerprint density at radius 1 is 1.47 bits per heavy atom. The highest BCUT2D eigenvalue weighted by atomic mass is 79.9. The number of nitrogens with one attached hydrogen (secondary N) is 1. The van der Waals surface area contributed by atoms with E-state index in [4.69, 9.17) is 5.11 Å². The predicted octanol–water partition coefficient (Wildman–Crippen LogP) is 1.06. The largest absolute Gasteiger partial charge is 0.478 e. The highest BCUT2D eigenvalue weighted by Gasteiger charge is 2.20. The molecule has 82 valence electrons. The summed E-state index contributed by atoms with van der Waals surface area (Å²) in [5.41, 5.74) is -0.265. The Morgan fingerprint density at radius 2 is 2.07 bits per heavy atom. The van der Waals surface area contributed by atoms with Crippen LogP contribution in [0.4, 0.5) is 0 Å². The van der Waals surface area contributed by atoms with Crippen molar-refractivity contribution < 1.29 is 18.3 Å². The Kier molecular flexibility index (Phi) is 3.48. The first kappa shape index (κ1) is 12.2. The van der Waals surface area contributed by atoms with Gasteiger partial charge in [-0.1, -0.05) is 15.9 Å². The van der Waals surface area contributed by atoms with Gasteiger partial charge in [-0.2, -0.15) is 0 Å². The fourth-order valence-electron chi connectivity index (χ4n) is 1.01. The molecule has 0 aromatic heterocycles. The number of sulfonamides is 1. The second kappa shape index (κ2) is 4.30. The van der Waals surface area contributed by atoms with Crippen LogP contribution in [-0.4, -0.2) is 26.5 Å². The van der Waals surface area contributed by atoms with Crippen molar-refractivity contribution in [3.8, 4) is 0 Å². The van der Waals surface area contributed by atoms with Crippen molar-refractivity contribution in [3.63, 3.8) is 0 Å². The van der Waals surface area contributed by atoms with Crippen molar-refractivity contribution in [1.82, 2.24) is 4.72 Å². The number of carboxylic acids is 1. The summed E-state index contributed by atoms with van der Waals surface area (Å²) >= 11 is 3.07. The van der Waals surface area contributed by atoms with Gasteiger partial charge in [0.15, 0.2) is 0 Å². The topological polar surface area (TPSA) is 83.5 Å². The monoisotopic (exact) mass is 293 g/mol. The smallest absolute Gasteiger partial charge is 0.337 e. The molecule has 1 rings (SSSR count). The third-order valence-electron chi connectivity index (χ3n) is 1.73. The van der Waals surface area contributed by atoms with Gasteiger partial charge in [0.2, 0.25) is 10.0 Å². The van der Waals surface area contributed by atoms with E-state index in [1.165, 1.54) is 25.2 Å². The van der Waals surface area contributed by atoms with Gasteiger partial charge in [0, 0.05) is 4.47 Å². The summed E-state index contributed by atoms with van der Waals surface area (Å²) in [7, 11) is -2.52. The van der Waals surface area contributed by atoms with Crippen LogP contribution in [0.5, 0.6) is 0 Å². The number of hydrogen-bond acceptors (Lipinski definition) is 3. The van der Waals surface area contributed by atoms with Crippen molar-refractivity contribution in [1.29, 1.82) is 0 Å². The summed E-state index contributed by atoms with van der Waals surface area (Å²) in [6.07, 6.45) is 0. The van der Waals surface area contributed by atoms with E-state index in [1.807, 2.05) is 0 Å². The van der Waals surface area contributed by atoms with Crippen LogP contribution in [0.1, 0.15) is 10.4 Å². The first-order chi connectivity index (χ1) is 6.88. The molecule has 1 aromatic carbocycles. The van der Waals surface area contributed by atoms with Crippen molar-refractivity contribution in [2.75, 3.05) is 7.05 Å². The first-order valence-electron chi connectivity index (χ1n) is 3.85. The van der Waals surface area contributed by atoms with Crippen LogP contribution >= 0.6 is 15.9 Å². The van der Waals surface area contributed by atoms with Crippen LogP contribution in [0.15, 0.2) is 27.6 Å². The van der Waals surface area contributed by atoms with Crippen LogP contribution < -0.4 is 4.72 Å². The quantitative estimate of drug-likeness (QED) is 0.873. The summed E-state index contributed by atoms with van der Waals surface area (Å²) in [5.74, 6) is -1.29. The van der Waals surface area contributed by atoms with Gasteiger partial charge in [0.25, 0.3) is 0 Å². The van der Waals surface area contributed by atoms with Crippen molar-refractivity contribution in [2.45, 2.75) is 4.90 Å². The highest BCUT2D eigenvalue weighted by molar-refractivity contribution is 9.10. The minimum Gasteiger partial charge on any atom is -0.478 e. The predicted molar refractivity (Wildman–Crippen MR) is 57.3 cm³/mol. The maximum absolute atomic E-state index is 11.4. The summed E-state index contributed by atoms with van der Waals surface area (Å²) in [6.45, 7) is 0. The molecule has 5 nitrogen and oxygen atoms in total. The van der Waals surface area contributed by atoms with Gasteiger partial charge in [-0.3, -0.25) is 0 Å². The molecule has 0 radical (unpaired) electrons. The number of carboxylic acid groups (broad SMARTS) is 1. The maximum atomic E-state index is 11.4. The van der Waals surface area contributed by atoms with E-state index in [9.17, 15) is 13.2 Å². The molecule has 0 aliphatic heterocycles. The molecule has 1 aromatic rings. The van der Waals surface area contributed by atoms with E-state index in [0.29, 0.717) is 4.47 Å². The minimum atomic E-state index is -3.74. The van der Waals surface area contributed by atoms with E-state index in [0.717, 1.165) is 0 Å². The van der Waals surface area contributed by atoms with Crippen LogP contribution in [-0.2, 0) is 10.0 Å². The average molecular weight is 294 g/mol. The minimum absolute atomic E-state index is 0.249. The number of benzene rings is 1. The van der Waals surface area contributed by atoms with Crippen LogP contribution in [0, 0.1) is 0 Å². The van der Waals surface area contributed by atoms with Crippen LogP contribution in [0.25, 0.3) is 0 Å². The fraction of sp³-hybridized carbons (Fsp3) is 0.125. The van der Waals surface area contributed by atoms with E-state index in [1.54, 1.807) is 0 Å². The molecule has 0 bridgehead atoms. The molecule has 0 unspecified atom stereocenters. The van der Waals surface area contributed by atoms with Gasteiger partial charge in [0.05, 0.1) is 10.5 Å². The Balaban J connectivity index is 3.49. The maximum Gasteiger partial charge on any atom is 0.337 e. The van der Waals surface area contributed by atoms with Crippen LogP contribution in [0.2, 0.25) is 0 Å². The normalized spacial score (nSPS) is 11.3. The number of halogens is 1. The lowest BCUT2D eigenvalue weighted by molar-refractivity contribution is 0.0692. The lowest BCUT2D eigenvalue weighted by Crippen LogP contribution is -2.21. The van der Waals surface area contributed by atoms with Gasteiger partial charge in [-0.05, 0) is 25.2 Å². The lowest BCUT2D eigenvalue weighted by atomic mass is 10.2. The molecule has 0 atom stereocenters. The molecule has 0 fully saturated rings. The Labute approximate surface area is 95.3 Å². The van der Waals surface area contributed by atoms with Gasteiger partial charge in [-0.15, -0.1) is 0 Å². The Hall–Kier alpha value is -0.920. The lowest BCUT2D eigenvalue weighted by Gasteiger charge is -2.06. The van der Waals surface area contributed by atoms with Gasteiger partial charge < -0.3 is 5.11 Å². The zero-order valence-electron chi connectivity index (χ0n) is 7.69.